The van der Waals surface area contributed by atoms with Crippen LogP contribution in [0.2, 0.25) is 0 Å². The van der Waals surface area contributed by atoms with Crippen LogP contribution in [-0.4, -0.2) is 53.7 Å². The van der Waals surface area contributed by atoms with Crippen molar-refractivity contribution in [3.8, 4) is 0 Å². The zero-order valence-electron chi connectivity index (χ0n) is 15.0. The number of para-hydroxylation sites is 1. The monoisotopic (exact) mass is 384 g/mol. The van der Waals surface area contributed by atoms with Gasteiger partial charge < -0.3 is 20.3 Å². The number of nitrogen functional groups attached to an aromatic ring is 1. The van der Waals surface area contributed by atoms with Crippen LogP contribution < -0.4 is 15.5 Å². The molecule has 0 radical (unpaired) electrons. The quantitative estimate of drug-likeness (QED) is 0.684. The molecule has 1 aliphatic rings. The predicted molar refractivity (Wildman–Crippen MR) is 106 cm³/mol. The second-order valence-electron chi connectivity index (χ2n) is 6.13. The maximum Gasteiger partial charge on any atom is 0.343 e. The van der Waals surface area contributed by atoms with Gasteiger partial charge in [-0.3, -0.25) is 0 Å². The van der Waals surface area contributed by atoms with Crippen LogP contribution in [0, 0.1) is 0 Å². The molecule has 27 heavy (non-hydrogen) atoms. The molecule has 0 amide bonds. The summed E-state index contributed by atoms with van der Waals surface area (Å²) in [5.74, 6) is 0.179. The Morgan fingerprint density at radius 3 is 2.63 bits per heavy atom. The lowest BCUT2D eigenvalue weighted by atomic mass is 10.3. The number of piperazine rings is 1. The van der Waals surface area contributed by atoms with E-state index in [4.69, 9.17) is 15.5 Å². The lowest BCUT2D eigenvalue weighted by Crippen LogP contribution is -2.47. The van der Waals surface area contributed by atoms with E-state index in [2.05, 4.69) is 25.8 Å². The molecule has 1 aromatic carbocycles. The van der Waals surface area contributed by atoms with Gasteiger partial charge in [0.2, 0.25) is 5.95 Å². The fraction of sp³-hybridized carbons (Fsp3) is 0.333. The van der Waals surface area contributed by atoms with Gasteiger partial charge in [-0.2, -0.15) is 4.98 Å². The molecule has 0 spiro atoms. The fourth-order valence-corrected chi connectivity index (χ4v) is 4.01. The third-order valence-corrected chi connectivity index (χ3v) is 5.51. The fourth-order valence-electron chi connectivity index (χ4n) is 3.00. The first kappa shape index (κ1) is 17.5. The molecule has 3 heterocycles. The number of carbonyl (C=O) groups excluding carboxylic acids is 1. The zero-order valence-corrected chi connectivity index (χ0v) is 15.8. The maximum absolute atomic E-state index is 11.8. The van der Waals surface area contributed by atoms with Gasteiger partial charge in [0.15, 0.2) is 5.13 Å². The number of esters is 1. The Morgan fingerprint density at radius 1 is 1.19 bits per heavy atom. The standard InChI is InChI=1S/C18H20N6O2S/c1-2-26-16(25)12-11-20-17(22-15(12)19)23-7-9-24(10-8-23)18-21-13-5-3-4-6-14(13)27-18/h3-6,11H,2,7-10H2,1H3,(H2,19,20,22). The van der Waals surface area contributed by atoms with Crippen molar-refractivity contribution in [1.82, 2.24) is 15.0 Å². The normalized spacial score (nSPS) is 14.6. The molecule has 3 aromatic rings. The molecule has 1 saturated heterocycles. The van der Waals surface area contributed by atoms with E-state index in [-0.39, 0.29) is 18.0 Å². The van der Waals surface area contributed by atoms with Gasteiger partial charge in [0.1, 0.15) is 11.4 Å². The highest BCUT2D eigenvalue weighted by molar-refractivity contribution is 7.22. The molecule has 4 rings (SSSR count). The second-order valence-corrected chi connectivity index (χ2v) is 7.14. The lowest BCUT2D eigenvalue weighted by Gasteiger charge is -2.34. The molecule has 0 bridgehead atoms. The summed E-state index contributed by atoms with van der Waals surface area (Å²) in [6, 6.07) is 8.16. The summed E-state index contributed by atoms with van der Waals surface area (Å²) in [7, 11) is 0. The van der Waals surface area contributed by atoms with Gasteiger partial charge in [-0.15, -0.1) is 0 Å². The summed E-state index contributed by atoms with van der Waals surface area (Å²) >= 11 is 1.71. The topological polar surface area (TPSA) is 97.5 Å². The highest BCUT2D eigenvalue weighted by Gasteiger charge is 2.23. The first-order valence-electron chi connectivity index (χ1n) is 8.81. The number of thiazole rings is 1. The van der Waals surface area contributed by atoms with Crippen molar-refractivity contribution < 1.29 is 9.53 Å². The van der Waals surface area contributed by atoms with Crippen molar-refractivity contribution in [2.45, 2.75) is 6.92 Å². The minimum atomic E-state index is -0.498. The average Bonchev–Trinajstić information content (AvgIpc) is 3.12. The van der Waals surface area contributed by atoms with Crippen molar-refractivity contribution >= 4 is 44.4 Å². The van der Waals surface area contributed by atoms with E-state index in [0.29, 0.717) is 5.95 Å². The summed E-state index contributed by atoms with van der Waals surface area (Å²) in [6.45, 7) is 5.19. The Hall–Kier alpha value is -2.94. The molecule has 9 heteroatoms. The first-order chi connectivity index (χ1) is 13.2. The minimum absolute atomic E-state index is 0.145. The number of rotatable bonds is 4. The van der Waals surface area contributed by atoms with Crippen LogP contribution >= 0.6 is 11.3 Å². The molecule has 140 valence electrons. The second kappa shape index (κ2) is 7.36. The number of nitrogens with zero attached hydrogens (tertiary/aromatic N) is 5. The van der Waals surface area contributed by atoms with Gasteiger partial charge in [0.25, 0.3) is 0 Å². The summed E-state index contributed by atoms with van der Waals surface area (Å²) in [4.78, 5) is 29.5. The molecule has 2 N–H and O–H groups in total. The number of benzene rings is 1. The van der Waals surface area contributed by atoms with E-state index in [9.17, 15) is 4.79 Å². The van der Waals surface area contributed by atoms with Crippen LogP contribution in [0.15, 0.2) is 30.5 Å². The lowest BCUT2D eigenvalue weighted by molar-refractivity contribution is 0.0527. The van der Waals surface area contributed by atoms with Crippen molar-refractivity contribution in [3.05, 3.63) is 36.0 Å². The summed E-state index contributed by atoms with van der Waals surface area (Å²) in [6.07, 6.45) is 1.44. The van der Waals surface area contributed by atoms with Crippen LogP contribution in [0.3, 0.4) is 0 Å². The van der Waals surface area contributed by atoms with E-state index in [1.807, 2.05) is 18.2 Å². The van der Waals surface area contributed by atoms with E-state index in [1.165, 1.54) is 10.9 Å². The molecule has 8 nitrogen and oxygen atoms in total. The Labute approximate surface area is 160 Å². The third-order valence-electron chi connectivity index (χ3n) is 4.42. The molecule has 2 aromatic heterocycles. The van der Waals surface area contributed by atoms with Gasteiger partial charge in [0, 0.05) is 32.4 Å². The van der Waals surface area contributed by atoms with Crippen LogP contribution in [0.25, 0.3) is 10.2 Å². The molecule has 1 fully saturated rings. The first-order valence-corrected chi connectivity index (χ1v) is 9.62. The Bertz CT molecular complexity index is 934. The summed E-state index contributed by atoms with van der Waals surface area (Å²) in [5.41, 5.74) is 7.16. The van der Waals surface area contributed by atoms with Crippen molar-refractivity contribution in [3.63, 3.8) is 0 Å². The molecule has 0 unspecified atom stereocenters. The molecular weight excluding hydrogens is 364 g/mol. The van der Waals surface area contributed by atoms with Crippen LogP contribution in [0.1, 0.15) is 17.3 Å². The number of aromatic nitrogens is 3. The number of nitrogens with two attached hydrogens (primary N) is 1. The van der Waals surface area contributed by atoms with Gasteiger partial charge >= 0.3 is 5.97 Å². The Kier molecular flexibility index (Phi) is 4.76. The molecule has 1 aliphatic heterocycles. The van der Waals surface area contributed by atoms with Crippen molar-refractivity contribution in [2.75, 3.05) is 48.3 Å². The Balaban J connectivity index is 1.44. The van der Waals surface area contributed by atoms with Gasteiger partial charge in [0.05, 0.1) is 16.8 Å². The van der Waals surface area contributed by atoms with Crippen LogP contribution in [0.4, 0.5) is 16.9 Å². The predicted octanol–water partition coefficient (Wildman–Crippen LogP) is 2.17. The molecule has 0 atom stereocenters. The van der Waals surface area contributed by atoms with Crippen LogP contribution in [0.5, 0.6) is 0 Å². The van der Waals surface area contributed by atoms with Gasteiger partial charge in [-0.25, -0.2) is 14.8 Å². The highest BCUT2D eigenvalue weighted by atomic mass is 32.1. The third kappa shape index (κ3) is 3.50. The van der Waals surface area contributed by atoms with E-state index in [1.54, 1.807) is 18.3 Å². The van der Waals surface area contributed by atoms with E-state index in [0.717, 1.165) is 36.8 Å². The number of carbonyl (C=O) groups is 1. The smallest absolute Gasteiger partial charge is 0.343 e. The highest BCUT2D eigenvalue weighted by Crippen LogP contribution is 2.29. The summed E-state index contributed by atoms with van der Waals surface area (Å²) in [5, 5.41) is 1.04. The number of ether oxygens (including phenoxy) is 1. The number of anilines is 3. The molecule has 0 aliphatic carbocycles. The van der Waals surface area contributed by atoms with Gasteiger partial charge in [-0.05, 0) is 19.1 Å². The number of hydrogen-bond donors (Lipinski definition) is 1. The molecule has 0 saturated carbocycles. The summed E-state index contributed by atoms with van der Waals surface area (Å²) < 4.78 is 6.15. The SMILES string of the molecule is CCOC(=O)c1cnc(N2CCN(c3nc4ccccc4s3)CC2)nc1N. The zero-order chi connectivity index (χ0) is 18.8. The van der Waals surface area contributed by atoms with Crippen molar-refractivity contribution in [1.29, 1.82) is 0 Å². The number of hydrogen-bond acceptors (Lipinski definition) is 9. The largest absolute Gasteiger partial charge is 0.462 e. The number of fused-ring (bicyclic) bond motifs is 1. The maximum atomic E-state index is 11.8. The van der Waals surface area contributed by atoms with Crippen LogP contribution in [-0.2, 0) is 4.74 Å². The van der Waals surface area contributed by atoms with Gasteiger partial charge in [-0.1, -0.05) is 23.5 Å². The van der Waals surface area contributed by atoms with E-state index < -0.39 is 5.97 Å². The van der Waals surface area contributed by atoms with Crippen molar-refractivity contribution in [2.24, 2.45) is 0 Å². The Morgan fingerprint density at radius 2 is 1.93 bits per heavy atom. The minimum Gasteiger partial charge on any atom is -0.462 e. The molecular formula is C18H20N6O2S. The van der Waals surface area contributed by atoms with E-state index >= 15 is 0 Å². The average molecular weight is 384 g/mol.